The van der Waals surface area contributed by atoms with E-state index in [1.54, 1.807) is 12.1 Å². The highest BCUT2D eigenvalue weighted by atomic mass is 35.5. The second kappa shape index (κ2) is 5.71. The largest absolute Gasteiger partial charge is 0.491 e. The number of hydrogen-bond donors (Lipinski definition) is 1. The first kappa shape index (κ1) is 12.7. The molecule has 0 bridgehead atoms. The average molecular weight is 256 g/mol. The Labute approximate surface area is 107 Å². The topological polar surface area (TPSA) is 32.7 Å². The summed E-state index contributed by atoms with van der Waals surface area (Å²) in [7, 11) is 2.07. The summed E-state index contributed by atoms with van der Waals surface area (Å²) >= 11 is 5.86. The maximum absolute atomic E-state index is 10.0. The van der Waals surface area contributed by atoms with Gasteiger partial charge < -0.3 is 14.7 Å². The van der Waals surface area contributed by atoms with Crippen LogP contribution in [0.4, 0.5) is 0 Å². The number of aliphatic hydroxyl groups excluding tert-OH is 1. The summed E-state index contributed by atoms with van der Waals surface area (Å²) in [4.78, 5) is 2.23. The van der Waals surface area contributed by atoms with Gasteiger partial charge >= 0.3 is 0 Å². The van der Waals surface area contributed by atoms with Gasteiger partial charge in [-0.1, -0.05) is 17.7 Å². The van der Waals surface area contributed by atoms with Crippen LogP contribution < -0.4 is 4.74 Å². The van der Waals surface area contributed by atoms with E-state index in [0.717, 1.165) is 19.5 Å². The fourth-order valence-corrected chi connectivity index (χ4v) is 2.34. The van der Waals surface area contributed by atoms with E-state index in [-0.39, 0.29) is 0 Å². The Bertz CT molecular complexity index is 372. The number of halogens is 1. The summed E-state index contributed by atoms with van der Waals surface area (Å²) in [5.74, 6) is 1.03. The molecule has 2 rings (SSSR count). The smallest absolute Gasteiger partial charge is 0.120 e. The van der Waals surface area contributed by atoms with Crippen molar-refractivity contribution in [1.82, 2.24) is 4.90 Å². The zero-order valence-corrected chi connectivity index (χ0v) is 10.7. The van der Waals surface area contributed by atoms with E-state index in [2.05, 4.69) is 11.9 Å². The molecular formula is C13H18ClNO2. The monoisotopic (exact) mass is 255 g/mol. The van der Waals surface area contributed by atoms with Gasteiger partial charge in [-0.2, -0.15) is 0 Å². The third-order valence-electron chi connectivity index (χ3n) is 3.19. The molecule has 1 aromatic rings. The van der Waals surface area contributed by atoms with Crippen LogP contribution in [0.3, 0.4) is 0 Å². The molecule has 4 heteroatoms. The van der Waals surface area contributed by atoms with Crippen LogP contribution in [0.25, 0.3) is 0 Å². The van der Waals surface area contributed by atoms with E-state index in [4.69, 9.17) is 16.3 Å². The Morgan fingerprint density at radius 2 is 2.41 bits per heavy atom. The molecular weight excluding hydrogens is 238 g/mol. The molecule has 0 radical (unpaired) electrons. The summed E-state index contributed by atoms with van der Waals surface area (Å²) in [6, 6.07) is 7.25. The van der Waals surface area contributed by atoms with Crippen molar-refractivity contribution in [2.45, 2.75) is 12.5 Å². The standard InChI is InChI=1S/C13H18ClNO2/c1-15-6-5-10(8-15)13(16)9-17-12-4-2-3-11(14)7-12/h2-4,7,10,13,16H,5-6,8-9H2,1H3. The normalized spacial score (nSPS) is 22.6. The van der Waals surface area contributed by atoms with Crippen molar-refractivity contribution in [3.63, 3.8) is 0 Å². The maximum Gasteiger partial charge on any atom is 0.120 e. The van der Waals surface area contributed by atoms with E-state index in [1.807, 2.05) is 12.1 Å². The Kier molecular flexibility index (Phi) is 4.26. The zero-order chi connectivity index (χ0) is 12.3. The number of hydrogen-bond acceptors (Lipinski definition) is 3. The molecule has 0 spiro atoms. The van der Waals surface area contributed by atoms with Crippen LogP contribution in [0.15, 0.2) is 24.3 Å². The molecule has 3 nitrogen and oxygen atoms in total. The lowest BCUT2D eigenvalue weighted by Gasteiger charge is -2.18. The van der Waals surface area contributed by atoms with Crippen molar-refractivity contribution in [2.75, 3.05) is 26.7 Å². The van der Waals surface area contributed by atoms with E-state index in [9.17, 15) is 5.11 Å². The van der Waals surface area contributed by atoms with Crippen LogP contribution in [-0.2, 0) is 0 Å². The minimum atomic E-state index is -0.404. The Morgan fingerprint density at radius 3 is 3.06 bits per heavy atom. The van der Waals surface area contributed by atoms with Crippen LogP contribution >= 0.6 is 11.6 Å². The van der Waals surface area contributed by atoms with Gasteiger partial charge in [0, 0.05) is 17.5 Å². The second-order valence-electron chi connectivity index (χ2n) is 4.65. The molecule has 1 aliphatic rings. The second-order valence-corrected chi connectivity index (χ2v) is 5.08. The number of benzene rings is 1. The first-order valence-corrected chi connectivity index (χ1v) is 6.28. The summed E-state index contributed by atoms with van der Waals surface area (Å²) in [6.45, 7) is 2.33. The summed E-state index contributed by atoms with van der Waals surface area (Å²) in [5.41, 5.74) is 0. The van der Waals surface area contributed by atoms with Gasteiger partial charge in [0.05, 0.1) is 6.10 Å². The molecule has 0 amide bonds. The van der Waals surface area contributed by atoms with E-state index in [0.29, 0.717) is 23.3 Å². The first-order valence-electron chi connectivity index (χ1n) is 5.90. The predicted octanol–water partition coefficient (Wildman–Crippen LogP) is 2.03. The molecule has 2 unspecified atom stereocenters. The zero-order valence-electron chi connectivity index (χ0n) is 9.97. The third kappa shape index (κ3) is 3.60. The lowest BCUT2D eigenvalue weighted by molar-refractivity contribution is 0.0607. The number of nitrogens with zero attached hydrogens (tertiary/aromatic N) is 1. The van der Waals surface area contributed by atoms with E-state index in [1.165, 1.54) is 0 Å². The van der Waals surface area contributed by atoms with Crippen LogP contribution in [0.2, 0.25) is 5.02 Å². The Hall–Kier alpha value is -0.770. The quantitative estimate of drug-likeness (QED) is 0.894. The fourth-order valence-electron chi connectivity index (χ4n) is 2.16. The van der Waals surface area contributed by atoms with Gasteiger partial charge in [0.2, 0.25) is 0 Å². The Morgan fingerprint density at radius 1 is 1.59 bits per heavy atom. The lowest BCUT2D eigenvalue weighted by Crippen LogP contribution is -2.29. The highest BCUT2D eigenvalue weighted by molar-refractivity contribution is 6.30. The third-order valence-corrected chi connectivity index (χ3v) is 3.42. The van der Waals surface area contributed by atoms with Crippen molar-refractivity contribution in [3.05, 3.63) is 29.3 Å². The summed E-state index contributed by atoms with van der Waals surface area (Å²) in [5, 5.41) is 10.7. The van der Waals surface area contributed by atoms with Crippen LogP contribution in [0, 0.1) is 5.92 Å². The Balaban J connectivity index is 1.81. The molecule has 1 saturated heterocycles. The van der Waals surface area contributed by atoms with Gasteiger partial charge in [0.25, 0.3) is 0 Å². The van der Waals surface area contributed by atoms with E-state index >= 15 is 0 Å². The molecule has 0 saturated carbocycles. The van der Waals surface area contributed by atoms with Crippen molar-refractivity contribution in [1.29, 1.82) is 0 Å². The van der Waals surface area contributed by atoms with Crippen LogP contribution in [-0.4, -0.2) is 42.9 Å². The van der Waals surface area contributed by atoms with Crippen LogP contribution in [0.5, 0.6) is 5.75 Å². The highest BCUT2D eigenvalue weighted by Crippen LogP contribution is 2.21. The summed E-state index contributed by atoms with van der Waals surface area (Å²) < 4.78 is 5.54. The number of ether oxygens (including phenoxy) is 1. The molecule has 0 aromatic heterocycles. The predicted molar refractivity (Wildman–Crippen MR) is 68.6 cm³/mol. The summed E-state index contributed by atoms with van der Waals surface area (Å²) in [6.07, 6.45) is 0.634. The molecule has 0 aliphatic carbocycles. The minimum absolute atomic E-state index is 0.319. The average Bonchev–Trinajstić information content (AvgIpc) is 2.73. The van der Waals surface area contributed by atoms with Gasteiger partial charge in [0.15, 0.2) is 0 Å². The number of rotatable bonds is 4. The fraction of sp³-hybridized carbons (Fsp3) is 0.538. The molecule has 1 N–H and O–H groups in total. The minimum Gasteiger partial charge on any atom is -0.491 e. The highest BCUT2D eigenvalue weighted by Gasteiger charge is 2.26. The van der Waals surface area contributed by atoms with Crippen molar-refractivity contribution in [3.8, 4) is 5.75 Å². The van der Waals surface area contributed by atoms with Gasteiger partial charge in [-0.3, -0.25) is 0 Å². The molecule has 1 fully saturated rings. The lowest BCUT2D eigenvalue weighted by atomic mass is 10.0. The molecule has 17 heavy (non-hydrogen) atoms. The molecule has 1 aromatic carbocycles. The molecule has 1 heterocycles. The SMILES string of the molecule is CN1CCC(C(O)COc2cccc(Cl)c2)C1. The molecule has 94 valence electrons. The van der Waals surface area contributed by atoms with Crippen molar-refractivity contribution in [2.24, 2.45) is 5.92 Å². The van der Waals surface area contributed by atoms with Gasteiger partial charge in [0.1, 0.15) is 12.4 Å². The number of likely N-dealkylation sites (tertiary alicyclic amines) is 1. The van der Waals surface area contributed by atoms with Crippen molar-refractivity contribution >= 4 is 11.6 Å². The van der Waals surface area contributed by atoms with E-state index < -0.39 is 6.10 Å². The number of aliphatic hydroxyl groups is 1. The van der Waals surface area contributed by atoms with Gasteiger partial charge in [-0.15, -0.1) is 0 Å². The first-order chi connectivity index (χ1) is 8.15. The van der Waals surface area contributed by atoms with Crippen LogP contribution in [0.1, 0.15) is 6.42 Å². The maximum atomic E-state index is 10.0. The molecule has 2 atom stereocenters. The van der Waals surface area contributed by atoms with Gasteiger partial charge in [-0.25, -0.2) is 0 Å². The molecule has 1 aliphatic heterocycles. The van der Waals surface area contributed by atoms with Crippen molar-refractivity contribution < 1.29 is 9.84 Å². The van der Waals surface area contributed by atoms with Gasteiger partial charge in [-0.05, 0) is 38.2 Å².